The molecule has 130 valence electrons. The van der Waals surface area contributed by atoms with Crippen LogP contribution in [0.2, 0.25) is 0 Å². The van der Waals surface area contributed by atoms with Gasteiger partial charge in [-0.3, -0.25) is 9.59 Å². The van der Waals surface area contributed by atoms with Gasteiger partial charge in [0.15, 0.2) is 6.61 Å². The third-order valence-corrected chi connectivity index (χ3v) is 3.99. The lowest BCUT2D eigenvalue weighted by Gasteiger charge is -2.30. The summed E-state index contributed by atoms with van der Waals surface area (Å²) in [7, 11) is 0. The molecule has 5 nitrogen and oxygen atoms in total. The van der Waals surface area contributed by atoms with Crippen molar-refractivity contribution in [2.75, 3.05) is 18.1 Å². The minimum Gasteiger partial charge on any atom is -0.483 e. The molecule has 1 aliphatic heterocycles. The summed E-state index contributed by atoms with van der Waals surface area (Å²) in [5, 5.41) is 0. The van der Waals surface area contributed by atoms with Crippen LogP contribution in [-0.4, -0.2) is 25.0 Å². The van der Waals surface area contributed by atoms with E-state index in [0.29, 0.717) is 12.8 Å². The highest BCUT2D eigenvalue weighted by Gasteiger charge is 2.30. The Morgan fingerprint density at radius 1 is 1.12 bits per heavy atom. The number of carbonyl (C=O) groups is 2. The summed E-state index contributed by atoms with van der Waals surface area (Å²) < 4.78 is 33.5. The first kappa shape index (κ1) is 16.9. The van der Waals surface area contributed by atoms with Crippen LogP contribution in [0.1, 0.15) is 22.3 Å². The number of carbonyl (C=O) groups excluding carboxylic acids is 2. The van der Waals surface area contributed by atoms with Crippen molar-refractivity contribution in [3.8, 4) is 5.75 Å². The highest BCUT2D eigenvalue weighted by atomic mass is 19.1. The Morgan fingerprint density at radius 2 is 1.84 bits per heavy atom. The highest BCUT2D eigenvalue weighted by Crippen LogP contribution is 2.34. The number of ether oxygens (including phenoxy) is 1. The standard InChI is InChI=1S/C18H16F2N2O3/c19-13-7-8-14(20)17-11(13)5-3-9-22(17)18(24)12-4-1-2-6-15(12)25-10-16(21)23/h1-2,4,6-8H,3,5,9-10H2,(H2,21,23). The monoisotopic (exact) mass is 346 g/mol. The van der Waals surface area contributed by atoms with Crippen molar-refractivity contribution in [1.29, 1.82) is 0 Å². The molecule has 1 heterocycles. The second-order valence-electron chi connectivity index (χ2n) is 5.67. The molecule has 0 aromatic heterocycles. The highest BCUT2D eigenvalue weighted by molar-refractivity contribution is 6.08. The van der Waals surface area contributed by atoms with Crippen LogP contribution in [0, 0.1) is 11.6 Å². The van der Waals surface area contributed by atoms with Crippen molar-refractivity contribution in [2.45, 2.75) is 12.8 Å². The average molecular weight is 346 g/mol. The Labute approximate surface area is 143 Å². The topological polar surface area (TPSA) is 72.6 Å². The Hall–Kier alpha value is -2.96. The van der Waals surface area contributed by atoms with E-state index in [2.05, 4.69) is 0 Å². The van der Waals surface area contributed by atoms with E-state index in [1.807, 2.05) is 0 Å². The van der Waals surface area contributed by atoms with Crippen LogP contribution in [0.3, 0.4) is 0 Å². The number of amides is 2. The number of nitrogens with two attached hydrogens (primary N) is 1. The van der Waals surface area contributed by atoms with Gasteiger partial charge >= 0.3 is 0 Å². The summed E-state index contributed by atoms with van der Waals surface area (Å²) in [6, 6.07) is 8.35. The number of nitrogens with zero attached hydrogens (tertiary/aromatic N) is 1. The van der Waals surface area contributed by atoms with Crippen molar-refractivity contribution in [2.24, 2.45) is 5.73 Å². The van der Waals surface area contributed by atoms with Gasteiger partial charge in [-0.25, -0.2) is 8.78 Å². The van der Waals surface area contributed by atoms with Crippen LogP contribution in [0.4, 0.5) is 14.5 Å². The van der Waals surface area contributed by atoms with Gasteiger partial charge in [0.25, 0.3) is 11.8 Å². The van der Waals surface area contributed by atoms with E-state index in [0.717, 1.165) is 12.1 Å². The van der Waals surface area contributed by atoms with E-state index in [1.54, 1.807) is 12.1 Å². The number of rotatable bonds is 4. The van der Waals surface area contributed by atoms with Crippen LogP contribution < -0.4 is 15.4 Å². The molecular weight excluding hydrogens is 330 g/mol. The molecular formula is C18H16F2N2O3. The smallest absolute Gasteiger partial charge is 0.262 e. The Bertz CT molecular complexity index is 839. The molecule has 0 saturated carbocycles. The van der Waals surface area contributed by atoms with Gasteiger partial charge in [-0.1, -0.05) is 12.1 Å². The van der Waals surface area contributed by atoms with Crippen LogP contribution in [0.25, 0.3) is 0 Å². The third-order valence-electron chi connectivity index (χ3n) is 3.99. The van der Waals surface area contributed by atoms with E-state index in [1.165, 1.54) is 17.0 Å². The predicted octanol–water partition coefficient (Wildman–Crippen LogP) is 2.42. The molecule has 0 saturated heterocycles. The van der Waals surface area contributed by atoms with Crippen molar-refractivity contribution in [1.82, 2.24) is 0 Å². The lowest BCUT2D eigenvalue weighted by molar-refractivity contribution is -0.119. The summed E-state index contributed by atoms with van der Waals surface area (Å²) in [5.41, 5.74) is 5.36. The largest absolute Gasteiger partial charge is 0.483 e. The van der Waals surface area contributed by atoms with Gasteiger partial charge in [-0.15, -0.1) is 0 Å². The number of hydrogen-bond acceptors (Lipinski definition) is 3. The molecule has 3 rings (SSSR count). The molecule has 1 aliphatic rings. The lowest BCUT2D eigenvalue weighted by atomic mass is 9.99. The Balaban J connectivity index is 1.99. The fraction of sp³-hybridized carbons (Fsp3) is 0.222. The van der Waals surface area contributed by atoms with Crippen molar-refractivity contribution in [3.05, 3.63) is 59.2 Å². The third kappa shape index (κ3) is 3.31. The number of para-hydroxylation sites is 1. The van der Waals surface area contributed by atoms with Gasteiger partial charge in [0.05, 0.1) is 11.3 Å². The molecule has 0 radical (unpaired) electrons. The number of hydrogen-bond donors (Lipinski definition) is 1. The lowest BCUT2D eigenvalue weighted by Crippen LogP contribution is -2.37. The zero-order valence-corrected chi connectivity index (χ0v) is 13.3. The van der Waals surface area contributed by atoms with Gasteiger partial charge in [0.2, 0.25) is 0 Å². The summed E-state index contributed by atoms with van der Waals surface area (Å²) >= 11 is 0. The van der Waals surface area contributed by atoms with Gasteiger partial charge in [0.1, 0.15) is 17.4 Å². The maximum absolute atomic E-state index is 14.3. The van der Waals surface area contributed by atoms with E-state index < -0.39 is 23.4 Å². The van der Waals surface area contributed by atoms with Crippen LogP contribution >= 0.6 is 0 Å². The van der Waals surface area contributed by atoms with Crippen molar-refractivity contribution < 1.29 is 23.1 Å². The number of halogens is 2. The van der Waals surface area contributed by atoms with Gasteiger partial charge < -0.3 is 15.4 Å². The summed E-state index contributed by atoms with van der Waals surface area (Å²) in [6.45, 7) is -0.125. The van der Waals surface area contributed by atoms with E-state index in [-0.39, 0.29) is 35.7 Å². The molecule has 7 heteroatoms. The van der Waals surface area contributed by atoms with E-state index in [4.69, 9.17) is 10.5 Å². The zero-order valence-electron chi connectivity index (χ0n) is 13.3. The molecule has 0 spiro atoms. The summed E-state index contributed by atoms with van der Waals surface area (Å²) in [6.07, 6.45) is 0.881. The van der Waals surface area contributed by atoms with E-state index >= 15 is 0 Å². The second-order valence-corrected chi connectivity index (χ2v) is 5.67. The first-order chi connectivity index (χ1) is 12.0. The number of primary amides is 1. The van der Waals surface area contributed by atoms with Crippen molar-refractivity contribution in [3.63, 3.8) is 0 Å². The molecule has 2 amide bonds. The quantitative estimate of drug-likeness (QED) is 0.924. The summed E-state index contributed by atoms with van der Waals surface area (Å²) in [4.78, 5) is 25.1. The molecule has 0 unspecified atom stereocenters. The van der Waals surface area contributed by atoms with Gasteiger partial charge in [-0.2, -0.15) is 0 Å². The minimum absolute atomic E-state index is 0.0408. The number of fused-ring (bicyclic) bond motifs is 1. The Morgan fingerprint density at radius 3 is 2.60 bits per heavy atom. The molecule has 25 heavy (non-hydrogen) atoms. The second kappa shape index (κ2) is 6.88. The first-order valence-electron chi connectivity index (χ1n) is 7.78. The van der Waals surface area contributed by atoms with Crippen LogP contribution in [0.5, 0.6) is 5.75 Å². The normalized spacial score (nSPS) is 13.3. The van der Waals surface area contributed by atoms with Crippen molar-refractivity contribution >= 4 is 17.5 Å². The fourth-order valence-electron chi connectivity index (χ4n) is 2.91. The maximum Gasteiger partial charge on any atom is 0.262 e. The number of benzene rings is 2. The molecule has 2 aromatic rings. The van der Waals surface area contributed by atoms with Gasteiger partial charge in [0, 0.05) is 12.1 Å². The average Bonchev–Trinajstić information content (AvgIpc) is 2.62. The molecule has 0 fully saturated rings. The number of anilines is 1. The van der Waals surface area contributed by atoms with E-state index in [9.17, 15) is 18.4 Å². The fourth-order valence-corrected chi connectivity index (χ4v) is 2.91. The molecule has 0 atom stereocenters. The predicted molar refractivity (Wildman–Crippen MR) is 87.5 cm³/mol. The molecule has 0 aliphatic carbocycles. The zero-order chi connectivity index (χ0) is 18.0. The maximum atomic E-state index is 14.3. The van der Waals surface area contributed by atoms with Crippen LogP contribution in [0.15, 0.2) is 36.4 Å². The molecule has 2 N–H and O–H groups in total. The molecule has 0 bridgehead atoms. The van der Waals surface area contributed by atoms with Gasteiger partial charge in [-0.05, 0) is 37.1 Å². The molecule has 2 aromatic carbocycles. The minimum atomic E-state index is -0.682. The SMILES string of the molecule is NC(=O)COc1ccccc1C(=O)N1CCCc2c(F)ccc(F)c21. The van der Waals surface area contributed by atoms with Crippen LogP contribution in [-0.2, 0) is 11.2 Å². The summed E-state index contributed by atoms with van der Waals surface area (Å²) in [5.74, 6) is -2.23. The Kier molecular flexibility index (Phi) is 4.65. The first-order valence-corrected chi connectivity index (χ1v) is 7.78.